The minimum absolute atomic E-state index is 0.00549. The maximum atomic E-state index is 15.4. The maximum Gasteiger partial charge on any atom is 0.256 e. The molecule has 32 heavy (non-hydrogen) atoms. The van der Waals surface area contributed by atoms with E-state index in [2.05, 4.69) is 19.9 Å². The topological polar surface area (TPSA) is 137 Å². The Labute approximate surface area is 185 Å². The molecule has 1 aliphatic heterocycles. The van der Waals surface area contributed by atoms with E-state index in [0.29, 0.717) is 44.1 Å². The van der Waals surface area contributed by atoms with Crippen molar-refractivity contribution >= 4 is 21.9 Å². The normalized spacial score (nSPS) is 23.8. The lowest BCUT2D eigenvalue weighted by Crippen LogP contribution is -2.49. The molecule has 2 N–H and O–H groups in total. The van der Waals surface area contributed by atoms with Gasteiger partial charge >= 0.3 is 0 Å². The second-order valence-electron chi connectivity index (χ2n) is 8.08. The molecule has 4 rings (SSSR count). The summed E-state index contributed by atoms with van der Waals surface area (Å²) in [6, 6.07) is -0.197. The quantitative estimate of drug-likeness (QED) is 0.646. The van der Waals surface area contributed by atoms with E-state index in [0.717, 1.165) is 6.26 Å². The number of nitrogens with zero attached hydrogens (tertiary/aromatic N) is 6. The molecule has 1 saturated carbocycles. The molecule has 3 heterocycles. The van der Waals surface area contributed by atoms with Gasteiger partial charge in [0, 0.05) is 50.4 Å². The van der Waals surface area contributed by atoms with E-state index in [1.807, 2.05) is 11.8 Å². The summed E-state index contributed by atoms with van der Waals surface area (Å²) in [7, 11) is -1.78. The first kappa shape index (κ1) is 22.6. The van der Waals surface area contributed by atoms with Crippen LogP contribution in [0.25, 0.3) is 11.3 Å². The highest BCUT2D eigenvalue weighted by Gasteiger charge is 2.38. The Hall–Kier alpha value is -2.64. The number of rotatable bonds is 6. The third-order valence-electron chi connectivity index (χ3n) is 5.76. The van der Waals surface area contributed by atoms with Crippen molar-refractivity contribution in [2.45, 2.75) is 38.0 Å². The van der Waals surface area contributed by atoms with E-state index in [9.17, 15) is 8.42 Å². The SMILES string of the molecule is C[C@H]1COCCN1c1nc(OC2CC(N(C)S(C)(=O)=O)C2)c(F)c(-c2cnc(N)nc2)n1. The average molecular weight is 468 g/mol. The Kier molecular flexibility index (Phi) is 6.14. The highest BCUT2D eigenvalue weighted by atomic mass is 32.2. The number of morpholine rings is 1. The standard InChI is InChI=1S/C19H26FN7O4S/c1-11-10-30-5-4-27(11)19-24-16(12-8-22-18(21)23-9-12)15(20)17(25-19)31-14-6-13(7-14)26(2)32(3,28)29/h8-9,11,13-14H,4-7,10H2,1-3H3,(H2,21,22,23)/t11-,13?,14?/m0/s1. The molecule has 174 valence electrons. The van der Waals surface area contributed by atoms with Crippen molar-refractivity contribution in [2.75, 3.05) is 43.7 Å². The van der Waals surface area contributed by atoms with Gasteiger partial charge in [-0.2, -0.15) is 9.37 Å². The molecule has 0 unspecified atom stereocenters. The Morgan fingerprint density at radius 3 is 2.59 bits per heavy atom. The average Bonchev–Trinajstić information content (AvgIpc) is 2.71. The smallest absolute Gasteiger partial charge is 0.256 e. The van der Waals surface area contributed by atoms with Crippen molar-refractivity contribution in [1.82, 2.24) is 24.2 Å². The number of anilines is 2. The van der Waals surface area contributed by atoms with Crippen LogP contribution in [0.4, 0.5) is 16.3 Å². The van der Waals surface area contributed by atoms with Crippen LogP contribution in [0.5, 0.6) is 5.88 Å². The van der Waals surface area contributed by atoms with E-state index in [4.69, 9.17) is 15.2 Å². The number of nitrogens with two attached hydrogens (primary N) is 1. The summed E-state index contributed by atoms with van der Waals surface area (Å²) in [6.45, 7) is 3.52. The summed E-state index contributed by atoms with van der Waals surface area (Å²) in [6.07, 6.45) is 4.46. The van der Waals surface area contributed by atoms with Crippen LogP contribution in [-0.4, -0.2) is 83.9 Å². The minimum atomic E-state index is -3.31. The van der Waals surface area contributed by atoms with E-state index in [-0.39, 0.29) is 35.7 Å². The minimum Gasteiger partial charge on any atom is -0.472 e. The summed E-state index contributed by atoms with van der Waals surface area (Å²) in [5, 5.41) is 0. The second-order valence-corrected chi connectivity index (χ2v) is 10.1. The molecule has 2 aliphatic rings. The molecule has 2 aromatic heterocycles. The molecule has 0 radical (unpaired) electrons. The van der Waals surface area contributed by atoms with Crippen LogP contribution in [0.1, 0.15) is 19.8 Å². The lowest BCUT2D eigenvalue weighted by Gasteiger charge is -2.39. The van der Waals surface area contributed by atoms with Crippen LogP contribution in [0.2, 0.25) is 0 Å². The van der Waals surface area contributed by atoms with Crippen molar-refractivity contribution in [3.63, 3.8) is 0 Å². The van der Waals surface area contributed by atoms with Gasteiger partial charge in [0.15, 0.2) is 0 Å². The molecule has 1 atom stereocenters. The molecule has 0 bridgehead atoms. The van der Waals surface area contributed by atoms with Gasteiger partial charge in [-0.3, -0.25) is 0 Å². The highest BCUT2D eigenvalue weighted by molar-refractivity contribution is 7.88. The highest BCUT2D eigenvalue weighted by Crippen LogP contribution is 2.34. The summed E-state index contributed by atoms with van der Waals surface area (Å²) in [5.74, 6) is -0.542. The van der Waals surface area contributed by atoms with Gasteiger partial charge in [-0.15, -0.1) is 0 Å². The number of sulfonamides is 1. The van der Waals surface area contributed by atoms with Crippen molar-refractivity contribution in [2.24, 2.45) is 0 Å². The number of halogens is 1. The van der Waals surface area contributed by atoms with E-state index < -0.39 is 15.8 Å². The Morgan fingerprint density at radius 1 is 1.28 bits per heavy atom. The van der Waals surface area contributed by atoms with Crippen LogP contribution in [0.15, 0.2) is 12.4 Å². The number of hydrogen-bond donors (Lipinski definition) is 1. The van der Waals surface area contributed by atoms with Gasteiger partial charge in [0.25, 0.3) is 5.88 Å². The fraction of sp³-hybridized carbons (Fsp3) is 0.579. The first-order chi connectivity index (χ1) is 15.1. The van der Waals surface area contributed by atoms with Crippen LogP contribution in [0, 0.1) is 5.82 Å². The van der Waals surface area contributed by atoms with Gasteiger partial charge in [0.2, 0.25) is 27.7 Å². The molecule has 13 heteroatoms. The van der Waals surface area contributed by atoms with Crippen molar-refractivity contribution < 1.29 is 22.3 Å². The number of hydrogen-bond acceptors (Lipinski definition) is 10. The van der Waals surface area contributed by atoms with Gasteiger partial charge in [-0.25, -0.2) is 27.7 Å². The summed E-state index contributed by atoms with van der Waals surface area (Å²) < 4.78 is 51.5. The fourth-order valence-electron chi connectivity index (χ4n) is 3.66. The lowest BCUT2D eigenvalue weighted by atomic mass is 9.89. The molecular weight excluding hydrogens is 441 g/mol. The van der Waals surface area contributed by atoms with Gasteiger partial charge in [-0.05, 0) is 6.92 Å². The van der Waals surface area contributed by atoms with E-state index in [1.165, 1.54) is 23.7 Å². The van der Waals surface area contributed by atoms with Crippen molar-refractivity contribution in [3.8, 4) is 17.1 Å². The third-order valence-corrected chi connectivity index (χ3v) is 7.11. The lowest BCUT2D eigenvalue weighted by molar-refractivity contribution is 0.0526. The van der Waals surface area contributed by atoms with Gasteiger partial charge in [-0.1, -0.05) is 0 Å². The van der Waals surface area contributed by atoms with E-state index >= 15 is 4.39 Å². The Morgan fingerprint density at radius 2 is 1.97 bits per heavy atom. The monoisotopic (exact) mass is 467 g/mol. The van der Waals surface area contributed by atoms with Gasteiger partial charge in [0.1, 0.15) is 11.8 Å². The molecule has 2 fully saturated rings. The molecular formula is C19H26FN7O4S. The zero-order valence-electron chi connectivity index (χ0n) is 18.1. The van der Waals surface area contributed by atoms with Crippen LogP contribution < -0.4 is 15.4 Å². The molecule has 1 saturated heterocycles. The first-order valence-electron chi connectivity index (χ1n) is 10.2. The van der Waals surface area contributed by atoms with Crippen molar-refractivity contribution in [1.29, 1.82) is 0 Å². The van der Waals surface area contributed by atoms with Gasteiger partial charge in [0.05, 0.1) is 25.5 Å². The number of ether oxygens (including phenoxy) is 2. The first-order valence-corrected chi connectivity index (χ1v) is 12.1. The van der Waals surface area contributed by atoms with Crippen LogP contribution >= 0.6 is 0 Å². The molecule has 2 aromatic rings. The summed E-state index contributed by atoms with van der Waals surface area (Å²) >= 11 is 0. The Bertz CT molecular complexity index is 1080. The Balaban J connectivity index is 1.63. The maximum absolute atomic E-state index is 15.4. The predicted molar refractivity (Wildman–Crippen MR) is 115 cm³/mol. The largest absolute Gasteiger partial charge is 0.472 e. The zero-order chi connectivity index (χ0) is 23.0. The number of nitrogen functional groups attached to an aromatic ring is 1. The molecule has 0 spiro atoms. The number of aromatic nitrogens is 4. The van der Waals surface area contributed by atoms with Crippen LogP contribution in [0.3, 0.4) is 0 Å². The predicted octanol–water partition coefficient (Wildman–Crippen LogP) is 0.681. The summed E-state index contributed by atoms with van der Waals surface area (Å²) in [4.78, 5) is 18.6. The van der Waals surface area contributed by atoms with E-state index in [1.54, 1.807) is 0 Å². The van der Waals surface area contributed by atoms with Gasteiger partial charge < -0.3 is 20.1 Å². The third kappa shape index (κ3) is 4.59. The fourth-order valence-corrected chi connectivity index (χ4v) is 4.37. The van der Waals surface area contributed by atoms with Crippen LogP contribution in [-0.2, 0) is 14.8 Å². The van der Waals surface area contributed by atoms with Crippen molar-refractivity contribution in [3.05, 3.63) is 18.2 Å². The molecule has 1 aliphatic carbocycles. The molecule has 11 nitrogen and oxygen atoms in total. The summed E-state index contributed by atoms with van der Waals surface area (Å²) in [5.41, 5.74) is 5.90. The molecule has 0 aromatic carbocycles. The molecule has 0 amide bonds. The zero-order valence-corrected chi connectivity index (χ0v) is 18.9. The second kappa shape index (κ2) is 8.71.